The number of hydrogen-bond donors (Lipinski definition) is 1. The third-order valence-corrected chi connectivity index (χ3v) is 6.78. The number of fused-ring (bicyclic) bond motifs is 1. The number of halogens is 1. The maximum atomic E-state index is 13.8. The first-order valence-corrected chi connectivity index (χ1v) is 11.8. The zero-order valence-corrected chi connectivity index (χ0v) is 19.4. The van der Waals surface area contributed by atoms with E-state index in [0.29, 0.717) is 43.4 Å². The van der Waals surface area contributed by atoms with E-state index in [4.69, 9.17) is 0 Å². The molecule has 4 aromatic rings. The Balaban J connectivity index is 1.25. The third kappa shape index (κ3) is 4.55. The molecule has 1 aliphatic heterocycles. The van der Waals surface area contributed by atoms with Crippen molar-refractivity contribution in [2.45, 2.75) is 13.5 Å². The fourth-order valence-electron chi connectivity index (χ4n) is 3.95. The number of carbonyl (C=O) groups excluding carboxylic acids is 1. The molecular weight excluding hydrogens is 455 g/mol. The Morgan fingerprint density at radius 2 is 1.82 bits per heavy atom. The van der Waals surface area contributed by atoms with Gasteiger partial charge in [0.25, 0.3) is 5.56 Å². The summed E-state index contributed by atoms with van der Waals surface area (Å²) < 4.78 is 15.2. The molecule has 0 saturated carbocycles. The van der Waals surface area contributed by atoms with Crippen molar-refractivity contribution in [3.05, 3.63) is 82.0 Å². The summed E-state index contributed by atoms with van der Waals surface area (Å²) in [6.07, 6.45) is 0. The summed E-state index contributed by atoms with van der Waals surface area (Å²) in [5.74, 6) is -0.462. The highest BCUT2D eigenvalue weighted by Gasteiger charge is 2.22. The predicted molar refractivity (Wildman–Crippen MR) is 130 cm³/mol. The molecule has 5 rings (SSSR count). The van der Waals surface area contributed by atoms with Gasteiger partial charge in [-0.2, -0.15) is 9.61 Å². The molecule has 0 atom stereocenters. The molecule has 2 aromatic heterocycles. The van der Waals surface area contributed by atoms with Crippen LogP contribution >= 0.6 is 11.3 Å². The monoisotopic (exact) mass is 478 g/mol. The molecule has 1 saturated heterocycles. The van der Waals surface area contributed by atoms with Crippen LogP contribution in [0.4, 0.5) is 14.9 Å². The van der Waals surface area contributed by atoms with Gasteiger partial charge in [0, 0.05) is 44.4 Å². The molecule has 2 amide bonds. The van der Waals surface area contributed by atoms with Crippen molar-refractivity contribution in [3.8, 4) is 10.6 Å². The Hall–Kier alpha value is -3.63. The van der Waals surface area contributed by atoms with Crippen LogP contribution in [0, 0.1) is 12.7 Å². The van der Waals surface area contributed by atoms with Gasteiger partial charge in [0.2, 0.25) is 4.96 Å². The lowest BCUT2D eigenvalue weighted by Crippen LogP contribution is -2.49. The van der Waals surface area contributed by atoms with Crippen LogP contribution in [0.1, 0.15) is 11.3 Å². The minimum Gasteiger partial charge on any atom is -0.322 e. The Kier molecular flexibility index (Phi) is 6.08. The second-order valence-corrected chi connectivity index (χ2v) is 9.13. The topological polar surface area (TPSA) is 82.8 Å². The molecule has 0 aliphatic carbocycles. The van der Waals surface area contributed by atoms with E-state index >= 15 is 0 Å². The quantitative estimate of drug-likeness (QED) is 0.485. The van der Waals surface area contributed by atoms with E-state index in [9.17, 15) is 14.0 Å². The van der Waals surface area contributed by atoms with Crippen molar-refractivity contribution in [1.82, 2.24) is 24.4 Å². The molecule has 1 N–H and O–H groups in total. The molecule has 3 heterocycles. The van der Waals surface area contributed by atoms with Crippen LogP contribution < -0.4 is 10.9 Å². The number of anilines is 1. The average molecular weight is 479 g/mol. The van der Waals surface area contributed by atoms with Crippen molar-refractivity contribution in [1.29, 1.82) is 0 Å². The SMILES string of the molecule is Cc1ccccc1-c1nn2c(=O)cc(CN3CCN(C(=O)Nc4ccccc4F)CC3)nc2s1. The number of benzene rings is 2. The van der Waals surface area contributed by atoms with E-state index in [0.717, 1.165) is 16.1 Å². The Bertz CT molecular complexity index is 1410. The van der Waals surface area contributed by atoms with Gasteiger partial charge < -0.3 is 10.2 Å². The summed E-state index contributed by atoms with van der Waals surface area (Å²) in [4.78, 5) is 34.2. The Morgan fingerprint density at radius 1 is 1.09 bits per heavy atom. The van der Waals surface area contributed by atoms with Crippen LogP contribution in [0.5, 0.6) is 0 Å². The van der Waals surface area contributed by atoms with Gasteiger partial charge in [-0.3, -0.25) is 9.69 Å². The van der Waals surface area contributed by atoms with Crippen LogP contribution in [0.25, 0.3) is 15.5 Å². The number of carbonyl (C=O) groups is 1. The molecular formula is C24H23FN6O2S. The summed E-state index contributed by atoms with van der Waals surface area (Å²) in [5.41, 5.74) is 2.71. The zero-order chi connectivity index (χ0) is 23.7. The van der Waals surface area contributed by atoms with Crippen LogP contribution in [0.2, 0.25) is 0 Å². The molecule has 1 aliphatic rings. The molecule has 10 heteroatoms. The number of urea groups is 1. The van der Waals surface area contributed by atoms with Crippen molar-refractivity contribution in [2.75, 3.05) is 31.5 Å². The molecule has 1 fully saturated rings. The van der Waals surface area contributed by atoms with Gasteiger partial charge in [0.15, 0.2) is 0 Å². The van der Waals surface area contributed by atoms with Crippen LogP contribution in [0.3, 0.4) is 0 Å². The predicted octanol–water partition coefficient (Wildman–Crippen LogP) is 3.62. The minimum atomic E-state index is -0.462. The van der Waals surface area contributed by atoms with E-state index in [-0.39, 0.29) is 17.3 Å². The second-order valence-electron chi connectivity index (χ2n) is 8.18. The first-order chi connectivity index (χ1) is 16.5. The highest BCUT2D eigenvalue weighted by molar-refractivity contribution is 7.19. The minimum absolute atomic E-state index is 0.169. The molecule has 0 bridgehead atoms. The van der Waals surface area contributed by atoms with Crippen LogP contribution in [0.15, 0.2) is 59.4 Å². The van der Waals surface area contributed by atoms with E-state index in [1.807, 2.05) is 31.2 Å². The maximum Gasteiger partial charge on any atom is 0.322 e. The van der Waals surface area contributed by atoms with Gasteiger partial charge >= 0.3 is 6.03 Å². The summed E-state index contributed by atoms with van der Waals surface area (Å²) in [6, 6.07) is 15.2. The number of hydrogen-bond acceptors (Lipinski definition) is 6. The maximum absolute atomic E-state index is 13.8. The summed E-state index contributed by atoms with van der Waals surface area (Å²) >= 11 is 1.39. The van der Waals surface area contributed by atoms with E-state index < -0.39 is 5.82 Å². The van der Waals surface area contributed by atoms with Crippen molar-refractivity contribution >= 4 is 28.0 Å². The molecule has 0 unspecified atom stereocenters. The molecule has 174 valence electrons. The van der Waals surface area contributed by atoms with E-state index in [2.05, 4.69) is 20.3 Å². The van der Waals surface area contributed by atoms with Gasteiger partial charge in [0.1, 0.15) is 10.8 Å². The number of nitrogens with one attached hydrogen (secondary N) is 1. The smallest absolute Gasteiger partial charge is 0.322 e. The van der Waals surface area contributed by atoms with Crippen LogP contribution in [-0.4, -0.2) is 56.6 Å². The second kappa shape index (κ2) is 9.32. The summed E-state index contributed by atoms with van der Waals surface area (Å²) in [7, 11) is 0. The summed E-state index contributed by atoms with van der Waals surface area (Å²) in [6.45, 7) is 4.77. The van der Waals surface area contributed by atoms with Gasteiger partial charge in [-0.25, -0.2) is 14.2 Å². The Morgan fingerprint density at radius 3 is 2.59 bits per heavy atom. The molecule has 0 radical (unpaired) electrons. The van der Waals surface area contributed by atoms with Crippen molar-refractivity contribution < 1.29 is 9.18 Å². The normalized spacial score (nSPS) is 14.5. The molecule has 8 nitrogen and oxygen atoms in total. The molecule has 0 spiro atoms. The van der Waals surface area contributed by atoms with Gasteiger partial charge in [-0.05, 0) is 24.6 Å². The largest absolute Gasteiger partial charge is 0.322 e. The summed E-state index contributed by atoms with van der Waals surface area (Å²) in [5, 5.41) is 7.85. The highest BCUT2D eigenvalue weighted by Crippen LogP contribution is 2.27. The average Bonchev–Trinajstić information content (AvgIpc) is 3.26. The standard InChI is InChI=1S/C24H23FN6O2S/c1-16-6-2-3-7-18(16)22-28-31-21(32)14-17(26-24(31)34-22)15-29-10-12-30(13-11-29)23(33)27-20-9-5-4-8-19(20)25/h2-9,14H,10-13,15H2,1H3,(H,27,33). The van der Waals surface area contributed by atoms with Gasteiger partial charge in [-0.15, -0.1) is 0 Å². The lowest BCUT2D eigenvalue weighted by molar-refractivity contribution is 0.142. The zero-order valence-electron chi connectivity index (χ0n) is 18.6. The first-order valence-electron chi connectivity index (χ1n) is 11.0. The fourth-order valence-corrected chi connectivity index (χ4v) is 4.97. The Labute approximate surface area is 199 Å². The van der Waals surface area contributed by atoms with E-state index in [1.165, 1.54) is 34.1 Å². The van der Waals surface area contributed by atoms with Crippen molar-refractivity contribution in [3.63, 3.8) is 0 Å². The lowest BCUT2D eigenvalue weighted by Gasteiger charge is -2.34. The lowest BCUT2D eigenvalue weighted by atomic mass is 10.1. The van der Waals surface area contributed by atoms with Crippen LogP contribution in [-0.2, 0) is 6.54 Å². The number of piperazine rings is 1. The molecule has 2 aromatic carbocycles. The number of aryl methyl sites for hydroxylation is 1. The number of nitrogens with zero attached hydrogens (tertiary/aromatic N) is 5. The number of aromatic nitrogens is 3. The number of rotatable bonds is 4. The number of amides is 2. The van der Waals surface area contributed by atoms with E-state index in [1.54, 1.807) is 17.0 Å². The number of para-hydroxylation sites is 1. The van der Waals surface area contributed by atoms with Gasteiger partial charge in [-0.1, -0.05) is 47.7 Å². The fraction of sp³-hybridized carbons (Fsp3) is 0.250. The van der Waals surface area contributed by atoms with Crippen molar-refractivity contribution in [2.24, 2.45) is 0 Å². The third-order valence-electron chi connectivity index (χ3n) is 5.83. The molecule has 34 heavy (non-hydrogen) atoms. The first kappa shape index (κ1) is 22.2. The highest BCUT2D eigenvalue weighted by atomic mass is 32.1. The van der Waals surface area contributed by atoms with Gasteiger partial charge in [0.05, 0.1) is 11.4 Å².